The molecule has 0 spiro atoms. The van der Waals surface area contributed by atoms with Gasteiger partial charge in [-0.3, -0.25) is 9.88 Å². The van der Waals surface area contributed by atoms with Gasteiger partial charge in [0.25, 0.3) is 0 Å². The number of hydrogen-bond acceptors (Lipinski definition) is 8. The van der Waals surface area contributed by atoms with Crippen molar-refractivity contribution in [2.75, 3.05) is 44.7 Å². The molecule has 10 heteroatoms. The third-order valence-electron chi connectivity index (χ3n) is 10.2. The predicted octanol–water partition coefficient (Wildman–Crippen LogP) is 5.17. The maximum Gasteiger partial charge on any atom is 0.319 e. The Hall–Kier alpha value is -3.11. The van der Waals surface area contributed by atoms with Crippen molar-refractivity contribution in [2.24, 2.45) is 0 Å². The van der Waals surface area contributed by atoms with Gasteiger partial charge in [-0.1, -0.05) is 41.9 Å². The Bertz CT molecular complexity index is 1690. The van der Waals surface area contributed by atoms with Crippen LogP contribution in [0.25, 0.3) is 32.9 Å². The number of benzene rings is 2. The summed E-state index contributed by atoms with van der Waals surface area (Å²) in [5, 5.41) is 9.93. The topological polar surface area (TPSA) is 78.4 Å². The Kier molecular flexibility index (Phi) is 6.89. The molecule has 0 aliphatic carbocycles. The van der Waals surface area contributed by atoms with Gasteiger partial charge >= 0.3 is 6.01 Å². The molecule has 3 unspecified atom stereocenters. The summed E-state index contributed by atoms with van der Waals surface area (Å²) < 4.78 is 23.2. The van der Waals surface area contributed by atoms with Crippen LogP contribution in [0.3, 0.4) is 0 Å². The van der Waals surface area contributed by atoms with Crippen LogP contribution in [0.1, 0.15) is 38.5 Å². The fourth-order valence-electron chi connectivity index (χ4n) is 8.24. The summed E-state index contributed by atoms with van der Waals surface area (Å²) in [4.78, 5) is 19.3. The molecule has 0 saturated carbocycles. The smallest absolute Gasteiger partial charge is 0.319 e. The van der Waals surface area contributed by atoms with Crippen molar-refractivity contribution >= 4 is 39.1 Å². The van der Waals surface area contributed by atoms with Crippen molar-refractivity contribution in [1.29, 1.82) is 0 Å². The van der Waals surface area contributed by atoms with Crippen LogP contribution in [0, 0.1) is 5.82 Å². The third-order valence-corrected chi connectivity index (χ3v) is 10.5. The Morgan fingerprint density at radius 1 is 1.09 bits per heavy atom. The van der Waals surface area contributed by atoms with Gasteiger partial charge in [0.1, 0.15) is 23.6 Å². The molecule has 4 saturated heterocycles. The van der Waals surface area contributed by atoms with E-state index < -0.39 is 5.82 Å². The fourth-order valence-corrected chi connectivity index (χ4v) is 8.52. The molecule has 2 aromatic heterocycles. The lowest BCUT2D eigenvalue weighted by Crippen LogP contribution is -2.51. The molecule has 43 heavy (non-hydrogen) atoms. The SMILES string of the molecule is CNC[C@H]1CCC2(COc3nc(N4CC5CCC(C4)N5)c4cnc(-c5cccc6cccc(Cl)c56)c(F)c4n3)CCCN12. The zero-order chi connectivity index (χ0) is 29.1. The molecule has 4 aliphatic rings. The molecule has 0 amide bonds. The summed E-state index contributed by atoms with van der Waals surface area (Å²) in [7, 11) is 2.02. The highest BCUT2D eigenvalue weighted by Crippen LogP contribution is 2.43. The lowest BCUT2D eigenvalue weighted by molar-refractivity contribution is 0.0848. The zero-order valence-corrected chi connectivity index (χ0v) is 25.2. The molecule has 224 valence electrons. The minimum absolute atomic E-state index is 0.0181. The minimum Gasteiger partial charge on any atom is -0.461 e. The first-order valence-electron chi connectivity index (χ1n) is 15.6. The lowest BCUT2D eigenvalue weighted by Gasteiger charge is -2.35. The molecule has 2 aromatic carbocycles. The number of anilines is 1. The number of likely N-dealkylation sites (N-methyl/N-ethyl adjacent to an activating group) is 1. The van der Waals surface area contributed by atoms with Crippen molar-refractivity contribution in [2.45, 2.75) is 62.2 Å². The average Bonchev–Trinajstić information content (AvgIpc) is 3.69. The number of fused-ring (bicyclic) bond motifs is 5. The normalized spacial score (nSPS) is 27.0. The number of nitrogens with zero attached hydrogens (tertiary/aromatic N) is 5. The first-order valence-corrected chi connectivity index (χ1v) is 16.0. The van der Waals surface area contributed by atoms with E-state index in [0.29, 0.717) is 46.5 Å². The van der Waals surface area contributed by atoms with E-state index in [1.54, 1.807) is 6.20 Å². The van der Waals surface area contributed by atoms with Crippen LogP contribution in [-0.2, 0) is 0 Å². The minimum atomic E-state index is -0.480. The highest BCUT2D eigenvalue weighted by atomic mass is 35.5. The van der Waals surface area contributed by atoms with Gasteiger partial charge in [0.2, 0.25) is 0 Å². The van der Waals surface area contributed by atoms with Gasteiger partial charge in [-0.25, -0.2) is 4.39 Å². The summed E-state index contributed by atoms with van der Waals surface area (Å²) in [6.45, 7) is 4.19. The van der Waals surface area contributed by atoms with E-state index in [9.17, 15) is 0 Å². The predicted molar refractivity (Wildman–Crippen MR) is 169 cm³/mol. The number of hydrogen-bond donors (Lipinski definition) is 2. The second-order valence-corrected chi connectivity index (χ2v) is 13.2. The molecule has 2 bridgehead atoms. The molecular formula is C33H37ClFN7O. The Labute approximate surface area is 256 Å². The standard InChI is InChI=1S/C33H37ClFN7O/c1-36-15-23-11-13-33(12-4-14-42(23)33)19-43-32-39-30-25(31(40-32)41-17-21-9-10-22(18-41)38-21)16-37-29(28(30)35)24-7-2-5-20-6-3-8-26(34)27(20)24/h2-3,5-8,16,21-23,36,38H,4,9-15,17-19H2,1H3/t21?,22?,23-,33?/m1/s1. The Morgan fingerprint density at radius 3 is 2.72 bits per heavy atom. The van der Waals surface area contributed by atoms with Gasteiger partial charge in [-0.2, -0.15) is 9.97 Å². The van der Waals surface area contributed by atoms with Gasteiger partial charge in [-0.05, 0) is 63.6 Å². The average molecular weight is 602 g/mol. The first-order chi connectivity index (χ1) is 21.0. The monoisotopic (exact) mass is 601 g/mol. The van der Waals surface area contributed by atoms with Crippen molar-refractivity contribution in [3.8, 4) is 17.3 Å². The molecule has 4 aromatic rings. The fraction of sp³-hybridized carbons (Fsp3) is 0.485. The van der Waals surface area contributed by atoms with E-state index in [2.05, 4.69) is 25.4 Å². The highest BCUT2D eigenvalue weighted by Gasteiger charge is 2.49. The highest BCUT2D eigenvalue weighted by molar-refractivity contribution is 6.36. The maximum atomic E-state index is 16.7. The number of rotatable bonds is 7. The summed E-state index contributed by atoms with van der Waals surface area (Å²) in [5.41, 5.74) is 1.09. The lowest BCUT2D eigenvalue weighted by atomic mass is 9.95. The molecule has 4 aliphatic heterocycles. The second-order valence-electron chi connectivity index (χ2n) is 12.8. The van der Waals surface area contributed by atoms with Gasteiger partial charge < -0.3 is 20.3 Å². The second kappa shape index (κ2) is 10.8. The molecule has 2 N–H and O–H groups in total. The van der Waals surface area contributed by atoms with Crippen molar-refractivity contribution in [3.05, 3.63) is 53.4 Å². The number of nitrogens with one attached hydrogen (secondary N) is 2. The van der Waals surface area contributed by atoms with E-state index in [1.807, 2.05) is 43.4 Å². The van der Waals surface area contributed by atoms with E-state index in [4.69, 9.17) is 26.3 Å². The molecule has 6 heterocycles. The Morgan fingerprint density at radius 2 is 1.91 bits per heavy atom. The summed E-state index contributed by atoms with van der Waals surface area (Å²) in [5.74, 6) is 0.222. The molecule has 0 radical (unpaired) electrons. The summed E-state index contributed by atoms with van der Waals surface area (Å²) in [6.07, 6.45) is 8.49. The van der Waals surface area contributed by atoms with Crippen LogP contribution in [0.15, 0.2) is 42.6 Å². The van der Waals surface area contributed by atoms with Crippen molar-refractivity contribution in [3.63, 3.8) is 0 Å². The molecule has 4 atom stereocenters. The van der Waals surface area contributed by atoms with Crippen LogP contribution in [0.4, 0.5) is 10.2 Å². The number of piperazine rings is 1. The van der Waals surface area contributed by atoms with Crippen LogP contribution in [0.2, 0.25) is 5.02 Å². The Balaban J connectivity index is 1.22. The number of ether oxygens (including phenoxy) is 1. The van der Waals surface area contributed by atoms with E-state index in [-0.39, 0.29) is 22.8 Å². The largest absolute Gasteiger partial charge is 0.461 e. The molecular weight excluding hydrogens is 565 g/mol. The van der Waals surface area contributed by atoms with Crippen LogP contribution >= 0.6 is 11.6 Å². The number of pyridine rings is 1. The quantitative estimate of drug-likeness (QED) is 0.300. The van der Waals surface area contributed by atoms with E-state index in [1.165, 1.54) is 0 Å². The zero-order valence-electron chi connectivity index (χ0n) is 24.5. The van der Waals surface area contributed by atoms with Crippen molar-refractivity contribution in [1.82, 2.24) is 30.5 Å². The van der Waals surface area contributed by atoms with Gasteiger partial charge in [0.15, 0.2) is 5.82 Å². The van der Waals surface area contributed by atoms with Crippen LogP contribution < -0.4 is 20.3 Å². The number of aromatic nitrogens is 3. The molecule has 4 fully saturated rings. The van der Waals surface area contributed by atoms with Gasteiger partial charge in [0.05, 0.1) is 10.9 Å². The molecule has 8 rings (SSSR count). The first kappa shape index (κ1) is 27.4. The van der Waals surface area contributed by atoms with Crippen LogP contribution in [0.5, 0.6) is 6.01 Å². The maximum absolute atomic E-state index is 16.7. The van der Waals surface area contributed by atoms with E-state index in [0.717, 1.165) is 75.5 Å². The van der Waals surface area contributed by atoms with E-state index >= 15 is 4.39 Å². The summed E-state index contributed by atoms with van der Waals surface area (Å²) in [6, 6.07) is 13.0. The van der Waals surface area contributed by atoms with Gasteiger partial charge in [0, 0.05) is 59.9 Å². The number of halogens is 2. The van der Waals surface area contributed by atoms with Crippen LogP contribution in [-0.4, -0.2) is 83.3 Å². The van der Waals surface area contributed by atoms with Crippen molar-refractivity contribution < 1.29 is 9.13 Å². The van der Waals surface area contributed by atoms with Gasteiger partial charge in [-0.15, -0.1) is 0 Å². The third kappa shape index (κ3) is 4.63. The summed E-state index contributed by atoms with van der Waals surface area (Å²) >= 11 is 6.63. The molecule has 8 nitrogen and oxygen atoms in total.